The van der Waals surface area contributed by atoms with E-state index in [1.54, 1.807) is 9.18 Å². The molecule has 1 heterocycles. The molecule has 0 radical (unpaired) electrons. The van der Waals surface area contributed by atoms with Crippen molar-refractivity contribution in [3.05, 3.63) is 41.5 Å². The molecule has 1 aliphatic rings. The maximum absolute atomic E-state index is 2.47. The summed E-state index contributed by atoms with van der Waals surface area (Å²) in [6, 6.07) is 8.88. The number of hydrogen-bond acceptors (Lipinski definition) is 0. The molecule has 0 bridgehead atoms. The Hall–Kier alpha value is -0.250. The van der Waals surface area contributed by atoms with Gasteiger partial charge in [-0.25, -0.2) is 0 Å². The van der Waals surface area contributed by atoms with Crippen LogP contribution in [0.1, 0.15) is 31.9 Å². The Morgan fingerprint density at radius 1 is 1.21 bits per heavy atom. The van der Waals surface area contributed by atoms with Crippen LogP contribution in [0.3, 0.4) is 0 Å². The fraction of sp³-hybridized carbons (Fsp3) is 0.385. The van der Waals surface area contributed by atoms with Gasteiger partial charge in [0.25, 0.3) is 0 Å². The Bertz CT molecular complexity index is 369. The second-order valence-corrected chi connectivity index (χ2v) is 7.72. The second-order valence-electron chi connectivity index (χ2n) is 4.82. The van der Waals surface area contributed by atoms with Crippen LogP contribution in [0.25, 0.3) is 3.62 Å². The van der Waals surface area contributed by atoms with Gasteiger partial charge in [-0.3, -0.25) is 0 Å². The first-order valence-electron chi connectivity index (χ1n) is 5.00. The summed E-state index contributed by atoms with van der Waals surface area (Å²) in [4.78, 5) is 0. The van der Waals surface area contributed by atoms with Gasteiger partial charge in [0, 0.05) is 0 Å². The van der Waals surface area contributed by atoms with Crippen molar-refractivity contribution >= 4 is 24.5 Å². The zero-order valence-electron chi connectivity index (χ0n) is 9.00. The molecule has 0 aliphatic carbocycles. The van der Waals surface area contributed by atoms with Crippen molar-refractivity contribution in [2.24, 2.45) is 5.41 Å². The number of benzene rings is 1. The summed E-state index contributed by atoms with van der Waals surface area (Å²) in [5.41, 5.74) is 3.44. The van der Waals surface area contributed by atoms with Gasteiger partial charge in [-0.1, -0.05) is 0 Å². The molecular weight excluding hydrogens is 284 g/mol. The number of rotatable bonds is 0. The number of fused-ring (bicyclic) bond motifs is 1. The average molecular weight is 300 g/mol. The molecule has 74 valence electrons. The topological polar surface area (TPSA) is 0 Å². The standard InChI is InChI=1S/C13H16Te/c1-13(2,3)8-12-11-7-5-4-6-10(11)9-14-12/h4-8H,9H2,1-3H3/b12-8-. The first kappa shape index (κ1) is 10.3. The third kappa shape index (κ3) is 2.22. The monoisotopic (exact) mass is 302 g/mol. The van der Waals surface area contributed by atoms with Gasteiger partial charge in [-0.05, 0) is 0 Å². The predicted molar refractivity (Wildman–Crippen MR) is 63.3 cm³/mol. The van der Waals surface area contributed by atoms with E-state index in [2.05, 4.69) is 51.1 Å². The van der Waals surface area contributed by atoms with Crippen LogP contribution >= 0.6 is 0 Å². The maximum atomic E-state index is 2.47. The molecule has 0 saturated heterocycles. The van der Waals surface area contributed by atoms with Crippen LogP contribution in [0.15, 0.2) is 30.3 Å². The number of hydrogen-bond donors (Lipinski definition) is 0. The van der Waals surface area contributed by atoms with Gasteiger partial charge in [0.2, 0.25) is 0 Å². The minimum absolute atomic E-state index is 0.0640. The van der Waals surface area contributed by atoms with Crippen molar-refractivity contribution in [1.82, 2.24) is 0 Å². The molecule has 0 atom stereocenters. The van der Waals surface area contributed by atoms with E-state index in [9.17, 15) is 0 Å². The Labute approximate surface area is 96.5 Å². The van der Waals surface area contributed by atoms with Gasteiger partial charge in [0.1, 0.15) is 0 Å². The first-order valence-corrected chi connectivity index (χ1v) is 7.81. The summed E-state index contributed by atoms with van der Waals surface area (Å²) in [5, 5.41) is 0. The molecule has 14 heavy (non-hydrogen) atoms. The number of allylic oxidation sites excluding steroid dienone is 1. The molecule has 0 fully saturated rings. The van der Waals surface area contributed by atoms with E-state index >= 15 is 0 Å². The Balaban J connectivity index is 2.40. The molecule has 0 spiro atoms. The fourth-order valence-electron chi connectivity index (χ4n) is 1.63. The van der Waals surface area contributed by atoms with Crippen molar-refractivity contribution < 1.29 is 0 Å². The molecule has 2 rings (SSSR count). The van der Waals surface area contributed by atoms with Crippen LogP contribution in [0, 0.1) is 5.41 Å². The molecule has 0 nitrogen and oxygen atoms in total. The fourth-order valence-corrected chi connectivity index (χ4v) is 5.50. The molecule has 1 aromatic carbocycles. The summed E-state index contributed by atoms with van der Waals surface area (Å²) in [6.45, 7) is 6.86. The zero-order valence-corrected chi connectivity index (χ0v) is 11.3. The van der Waals surface area contributed by atoms with Crippen molar-refractivity contribution in [2.45, 2.75) is 25.2 Å². The van der Waals surface area contributed by atoms with Gasteiger partial charge in [-0.15, -0.1) is 0 Å². The Morgan fingerprint density at radius 2 is 1.93 bits per heavy atom. The summed E-state index contributed by atoms with van der Waals surface area (Å²) < 4.78 is 3.02. The molecule has 1 heteroatoms. The van der Waals surface area contributed by atoms with Gasteiger partial charge in [-0.2, -0.15) is 0 Å². The molecule has 1 aliphatic heterocycles. The van der Waals surface area contributed by atoms with Crippen LogP contribution in [-0.2, 0) is 4.47 Å². The van der Waals surface area contributed by atoms with E-state index in [0.717, 1.165) is 0 Å². The summed E-state index contributed by atoms with van der Waals surface area (Å²) in [5.74, 6) is 0. The van der Waals surface area contributed by atoms with E-state index < -0.39 is 0 Å². The Morgan fingerprint density at radius 3 is 2.64 bits per heavy atom. The third-order valence-electron chi connectivity index (χ3n) is 2.23. The van der Waals surface area contributed by atoms with Gasteiger partial charge < -0.3 is 0 Å². The Kier molecular flexibility index (Phi) is 2.73. The van der Waals surface area contributed by atoms with Crippen LogP contribution < -0.4 is 0 Å². The quantitative estimate of drug-likeness (QED) is 0.645. The minimum atomic E-state index is 0.0640. The predicted octanol–water partition coefficient (Wildman–Crippen LogP) is 3.29. The van der Waals surface area contributed by atoms with Gasteiger partial charge >= 0.3 is 96.7 Å². The van der Waals surface area contributed by atoms with E-state index in [1.165, 1.54) is 10.0 Å². The van der Waals surface area contributed by atoms with E-state index in [1.807, 2.05) is 0 Å². The second kappa shape index (κ2) is 3.72. The zero-order chi connectivity index (χ0) is 10.2. The van der Waals surface area contributed by atoms with Gasteiger partial charge in [0.15, 0.2) is 0 Å². The van der Waals surface area contributed by atoms with Crippen LogP contribution in [-0.4, -0.2) is 20.9 Å². The molecule has 0 unspecified atom stereocenters. The molecular formula is C13H16Te. The SMILES string of the molecule is CC(C)(C)/C=C1\[Te]Cc2ccccc21. The van der Waals surface area contributed by atoms with E-state index in [4.69, 9.17) is 0 Å². The van der Waals surface area contributed by atoms with E-state index in [-0.39, 0.29) is 20.9 Å². The van der Waals surface area contributed by atoms with E-state index in [0.29, 0.717) is 5.41 Å². The van der Waals surface area contributed by atoms with Crippen LogP contribution in [0.4, 0.5) is 0 Å². The van der Waals surface area contributed by atoms with Crippen molar-refractivity contribution in [1.29, 1.82) is 0 Å². The molecule has 0 aromatic heterocycles. The first-order chi connectivity index (χ1) is 6.56. The summed E-state index contributed by atoms with van der Waals surface area (Å²) in [6.07, 6.45) is 2.47. The molecule has 1 aromatic rings. The van der Waals surface area contributed by atoms with Crippen LogP contribution in [0.2, 0.25) is 0 Å². The average Bonchev–Trinajstić information content (AvgIpc) is 2.47. The normalized spacial score (nSPS) is 18.6. The van der Waals surface area contributed by atoms with Crippen molar-refractivity contribution in [2.75, 3.05) is 0 Å². The molecule has 0 saturated carbocycles. The summed E-state index contributed by atoms with van der Waals surface area (Å²) >= 11 is 0.0640. The van der Waals surface area contributed by atoms with Crippen molar-refractivity contribution in [3.8, 4) is 0 Å². The molecule has 0 N–H and O–H groups in total. The van der Waals surface area contributed by atoms with Gasteiger partial charge in [0.05, 0.1) is 0 Å². The summed E-state index contributed by atoms with van der Waals surface area (Å²) in [7, 11) is 0. The molecule has 0 amide bonds. The van der Waals surface area contributed by atoms with Crippen LogP contribution in [0.5, 0.6) is 0 Å². The third-order valence-corrected chi connectivity index (χ3v) is 5.38. The van der Waals surface area contributed by atoms with Crippen molar-refractivity contribution in [3.63, 3.8) is 0 Å².